The maximum Gasteiger partial charge on any atom is 0.350 e. The molecule has 0 saturated carbocycles. The number of hydrogen-bond donors (Lipinski definition) is 1. The average Bonchev–Trinajstić information content (AvgIpc) is 3.34. The van der Waals surface area contributed by atoms with Gasteiger partial charge in [-0.2, -0.15) is 4.98 Å². The first-order valence-corrected chi connectivity index (χ1v) is 9.61. The van der Waals surface area contributed by atoms with E-state index in [-0.39, 0.29) is 11.8 Å². The zero-order chi connectivity index (χ0) is 18.8. The number of oxazole rings is 1. The number of benzene rings is 1. The molecule has 0 aliphatic carbocycles. The van der Waals surface area contributed by atoms with E-state index < -0.39 is 5.97 Å². The molecule has 0 bridgehead atoms. The normalized spacial score (nSPS) is 15.1. The van der Waals surface area contributed by atoms with Crippen LogP contribution in [-0.4, -0.2) is 37.1 Å². The number of piperidine rings is 1. The third-order valence-corrected chi connectivity index (χ3v) is 5.61. The van der Waals surface area contributed by atoms with E-state index in [0.717, 1.165) is 11.1 Å². The van der Waals surface area contributed by atoms with Crippen molar-refractivity contribution >= 4 is 46.0 Å². The van der Waals surface area contributed by atoms with Gasteiger partial charge in [-0.1, -0.05) is 12.1 Å². The molecule has 27 heavy (non-hydrogen) atoms. The highest BCUT2D eigenvalue weighted by atomic mass is 32.1. The van der Waals surface area contributed by atoms with Crippen LogP contribution in [0.2, 0.25) is 0 Å². The molecule has 1 amide bonds. The molecule has 1 aliphatic rings. The maximum absolute atomic E-state index is 12.6. The molecular formula is C19H19N3O4S. The molecule has 3 aromatic rings. The lowest BCUT2D eigenvalue weighted by Gasteiger charge is -2.30. The first-order valence-electron chi connectivity index (χ1n) is 8.73. The highest BCUT2D eigenvalue weighted by Gasteiger charge is 2.28. The highest BCUT2D eigenvalue weighted by Crippen LogP contribution is 2.28. The van der Waals surface area contributed by atoms with Crippen molar-refractivity contribution in [2.75, 3.05) is 30.4 Å². The van der Waals surface area contributed by atoms with Crippen LogP contribution in [0.5, 0.6) is 0 Å². The number of anilines is 2. The van der Waals surface area contributed by atoms with Gasteiger partial charge >= 0.3 is 5.97 Å². The Labute approximate surface area is 159 Å². The SMILES string of the molecule is COC(=O)c1sccc1NC(=O)C1CCN(c2nc3ccccc3o2)CC1. The lowest BCUT2D eigenvalue weighted by molar-refractivity contribution is -0.120. The van der Waals surface area contributed by atoms with Crippen LogP contribution in [0, 0.1) is 5.92 Å². The van der Waals surface area contributed by atoms with Crippen LogP contribution in [0.25, 0.3) is 11.1 Å². The number of nitrogens with zero attached hydrogens (tertiary/aromatic N) is 2. The summed E-state index contributed by atoms with van der Waals surface area (Å²) in [6, 6.07) is 9.98. The molecule has 1 aliphatic heterocycles. The van der Waals surface area contributed by atoms with Crippen molar-refractivity contribution in [1.82, 2.24) is 4.98 Å². The van der Waals surface area contributed by atoms with Crippen molar-refractivity contribution in [3.05, 3.63) is 40.6 Å². The van der Waals surface area contributed by atoms with E-state index in [1.165, 1.54) is 18.4 Å². The summed E-state index contributed by atoms with van der Waals surface area (Å²) in [5, 5.41) is 4.63. The number of thiophene rings is 1. The monoisotopic (exact) mass is 385 g/mol. The van der Waals surface area contributed by atoms with Crippen molar-refractivity contribution in [2.45, 2.75) is 12.8 Å². The van der Waals surface area contributed by atoms with Gasteiger partial charge < -0.3 is 19.4 Å². The third-order valence-electron chi connectivity index (χ3n) is 4.71. The molecule has 1 aromatic carbocycles. The summed E-state index contributed by atoms with van der Waals surface area (Å²) in [7, 11) is 1.33. The molecular weight excluding hydrogens is 366 g/mol. The molecule has 0 atom stereocenters. The lowest BCUT2D eigenvalue weighted by Crippen LogP contribution is -2.38. The van der Waals surface area contributed by atoms with Gasteiger partial charge in [0.1, 0.15) is 10.4 Å². The molecule has 1 saturated heterocycles. The second-order valence-corrected chi connectivity index (χ2v) is 7.29. The molecule has 0 spiro atoms. The van der Waals surface area contributed by atoms with Gasteiger partial charge in [0, 0.05) is 19.0 Å². The fourth-order valence-corrected chi connectivity index (χ4v) is 3.99. The van der Waals surface area contributed by atoms with Crippen molar-refractivity contribution < 1.29 is 18.7 Å². The number of methoxy groups -OCH3 is 1. The Morgan fingerprint density at radius 2 is 2.04 bits per heavy atom. The highest BCUT2D eigenvalue weighted by molar-refractivity contribution is 7.12. The van der Waals surface area contributed by atoms with Crippen LogP contribution in [0.4, 0.5) is 11.7 Å². The van der Waals surface area contributed by atoms with E-state index in [0.29, 0.717) is 42.5 Å². The van der Waals surface area contributed by atoms with Crippen molar-refractivity contribution in [3.63, 3.8) is 0 Å². The zero-order valence-corrected chi connectivity index (χ0v) is 15.6. The largest absolute Gasteiger partial charge is 0.465 e. The minimum Gasteiger partial charge on any atom is -0.465 e. The topological polar surface area (TPSA) is 84.7 Å². The van der Waals surface area contributed by atoms with Gasteiger partial charge in [-0.05, 0) is 36.4 Å². The Hall–Kier alpha value is -2.87. The fourth-order valence-electron chi connectivity index (χ4n) is 3.22. The van der Waals surface area contributed by atoms with Gasteiger partial charge in [-0.15, -0.1) is 11.3 Å². The van der Waals surface area contributed by atoms with Crippen molar-refractivity contribution in [3.8, 4) is 0 Å². The van der Waals surface area contributed by atoms with Crippen molar-refractivity contribution in [1.29, 1.82) is 0 Å². The number of esters is 1. The zero-order valence-electron chi connectivity index (χ0n) is 14.8. The quantitative estimate of drug-likeness (QED) is 0.692. The van der Waals surface area contributed by atoms with E-state index in [9.17, 15) is 9.59 Å². The predicted octanol–water partition coefficient (Wildman–Crippen LogP) is 3.53. The molecule has 0 unspecified atom stereocenters. The van der Waals surface area contributed by atoms with Gasteiger partial charge in [-0.25, -0.2) is 4.79 Å². The number of amides is 1. The smallest absolute Gasteiger partial charge is 0.350 e. The van der Waals surface area contributed by atoms with Crippen LogP contribution in [0.15, 0.2) is 40.1 Å². The molecule has 2 aromatic heterocycles. The minimum absolute atomic E-state index is 0.0734. The summed E-state index contributed by atoms with van der Waals surface area (Å²) in [6.07, 6.45) is 1.39. The number of ether oxygens (including phenoxy) is 1. The summed E-state index contributed by atoms with van der Waals surface area (Å²) in [5.41, 5.74) is 2.11. The van der Waals surface area contributed by atoms with E-state index in [1.807, 2.05) is 24.3 Å². The first-order chi connectivity index (χ1) is 13.2. The number of carbonyl (C=O) groups is 2. The Balaban J connectivity index is 1.38. The van der Waals surface area contributed by atoms with E-state index in [4.69, 9.17) is 9.15 Å². The van der Waals surface area contributed by atoms with Crippen LogP contribution < -0.4 is 10.2 Å². The second-order valence-electron chi connectivity index (χ2n) is 6.37. The van der Waals surface area contributed by atoms with E-state index >= 15 is 0 Å². The summed E-state index contributed by atoms with van der Waals surface area (Å²) < 4.78 is 10.6. The Kier molecular flexibility index (Phi) is 4.81. The minimum atomic E-state index is -0.439. The van der Waals surface area contributed by atoms with Crippen LogP contribution in [0.3, 0.4) is 0 Å². The van der Waals surface area contributed by atoms with E-state index in [2.05, 4.69) is 15.2 Å². The van der Waals surface area contributed by atoms with Crippen molar-refractivity contribution in [2.24, 2.45) is 5.92 Å². The summed E-state index contributed by atoms with van der Waals surface area (Å²) in [6.45, 7) is 1.39. The second kappa shape index (κ2) is 7.40. The number of para-hydroxylation sites is 2. The fraction of sp³-hybridized carbons (Fsp3) is 0.316. The summed E-state index contributed by atoms with van der Waals surface area (Å²) in [4.78, 5) is 31.3. The molecule has 3 heterocycles. The number of fused-ring (bicyclic) bond motifs is 1. The van der Waals surface area contributed by atoms with Gasteiger partial charge in [0.25, 0.3) is 6.01 Å². The van der Waals surface area contributed by atoms with Gasteiger partial charge in [0.15, 0.2) is 5.58 Å². The molecule has 140 valence electrons. The maximum atomic E-state index is 12.6. The van der Waals surface area contributed by atoms with Gasteiger partial charge in [0.05, 0.1) is 12.8 Å². The lowest BCUT2D eigenvalue weighted by atomic mass is 9.96. The average molecular weight is 385 g/mol. The molecule has 8 heteroatoms. The van der Waals surface area contributed by atoms with Crippen LogP contribution in [0.1, 0.15) is 22.5 Å². The standard InChI is InChI=1S/C19H19N3O4S/c1-25-18(24)16-14(8-11-27-16)20-17(23)12-6-9-22(10-7-12)19-21-13-4-2-3-5-15(13)26-19/h2-5,8,11-12H,6-7,9-10H2,1H3,(H,20,23). The molecule has 1 fully saturated rings. The number of carbonyl (C=O) groups excluding carboxylic acids is 2. The Morgan fingerprint density at radius 1 is 1.26 bits per heavy atom. The van der Waals surface area contributed by atoms with Gasteiger partial charge in [-0.3, -0.25) is 4.79 Å². The first kappa shape index (κ1) is 17.5. The Morgan fingerprint density at radius 3 is 2.78 bits per heavy atom. The number of rotatable bonds is 4. The van der Waals surface area contributed by atoms with Crippen LogP contribution in [-0.2, 0) is 9.53 Å². The Bertz CT molecular complexity index is 939. The van der Waals surface area contributed by atoms with E-state index in [1.54, 1.807) is 11.4 Å². The summed E-state index contributed by atoms with van der Waals surface area (Å²) in [5.74, 6) is -0.627. The third kappa shape index (κ3) is 3.52. The molecule has 4 rings (SSSR count). The molecule has 0 radical (unpaired) electrons. The number of hydrogen-bond acceptors (Lipinski definition) is 7. The number of aromatic nitrogens is 1. The molecule has 7 nitrogen and oxygen atoms in total. The van der Waals surface area contributed by atoms with Gasteiger partial charge in [0.2, 0.25) is 5.91 Å². The predicted molar refractivity (Wildman–Crippen MR) is 103 cm³/mol. The van der Waals surface area contributed by atoms with Crippen LogP contribution >= 0.6 is 11.3 Å². The summed E-state index contributed by atoms with van der Waals surface area (Å²) >= 11 is 1.25. The molecule has 1 N–H and O–H groups in total. The number of nitrogens with one attached hydrogen (secondary N) is 1.